The van der Waals surface area contributed by atoms with Gasteiger partial charge in [-0.3, -0.25) is 0 Å². The molecule has 0 amide bonds. The van der Waals surface area contributed by atoms with E-state index in [4.69, 9.17) is 5.73 Å². The molecule has 0 spiro atoms. The summed E-state index contributed by atoms with van der Waals surface area (Å²) >= 11 is 0. The molecule has 0 atom stereocenters. The number of nitrogens with zero attached hydrogens (tertiary/aromatic N) is 1. The molecule has 2 heteroatoms. The fourth-order valence-electron chi connectivity index (χ4n) is 3.09. The van der Waals surface area contributed by atoms with Gasteiger partial charge in [0.15, 0.2) is 0 Å². The Balaban J connectivity index is 3.00. The number of hydrogen-bond donors (Lipinski definition) is 1. The first kappa shape index (κ1) is 12.3. The molecule has 1 aromatic heterocycles. The van der Waals surface area contributed by atoms with E-state index in [1.165, 1.54) is 21.8 Å². The molecule has 0 saturated heterocycles. The third kappa shape index (κ3) is 1.70. The SMILES string of the molecule is CCc1c(C)n(C)c2c1=C(N)CCC=2C(C)C. The van der Waals surface area contributed by atoms with Gasteiger partial charge in [-0.05, 0) is 43.2 Å². The minimum Gasteiger partial charge on any atom is -0.401 e. The fraction of sp³-hybridized carbons (Fsp3) is 0.600. The maximum absolute atomic E-state index is 6.26. The lowest BCUT2D eigenvalue weighted by atomic mass is 9.92. The molecule has 1 aliphatic rings. The highest BCUT2D eigenvalue weighted by atomic mass is 14.9. The monoisotopic (exact) mass is 232 g/mol. The van der Waals surface area contributed by atoms with E-state index in [1.54, 1.807) is 5.57 Å². The molecule has 1 heterocycles. The summed E-state index contributed by atoms with van der Waals surface area (Å²) in [6.45, 7) is 9.01. The highest BCUT2D eigenvalue weighted by Crippen LogP contribution is 2.20. The Kier molecular flexibility index (Phi) is 3.07. The predicted octanol–water partition coefficient (Wildman–Crippen LogP) is 1.56. The zero-order chi connectivity index (χ0) is 12.7. The Labute approximate surface area is 104 Å². The van der Waals surface area contributed by atoms with Gasteiger partial charge in [0.25, 0.3) is 0 Å². The van der Waals surface area contributed by atoms with Gasteiger partial charge >= 0.3 is 0 Å². The number of hydrogen-bond acceptors (Lipinski definition) is 1. The third-order valence-electron chi connectivity index (χ3n) is 4.15. The summed E-state index contributed by atoms with van der Waals surface area (Å²) < 4.78 is 2.34. The summed E-state index contributed by atoms with van der Waals surface area (Å²) in [5.41, 5.74) is 11.7. The van der Waals surface area contributed by atoms with E-state index in [2.05, 4.69) is 39.3 Å². The molecule has 0 fully saturated rings. The summed E-state index contributed by atoms with van der Waals surface area (Å²) in [5.74, 6) is 0.611. The fourth-order valence-corrected chi connectivity index (χ4v) is 3.09. The van der Waals surface area contributed by atoms with Crippen LogP contribution in [0.5, 0.6) is 0 Å². The molecule has 0 bridgehead atoms. The smallest absolute Gasteiger partial charge is 0.0494 e. The van der Waals surface area contributed by atoms with Crippen molar-refractivity contribution in [1.29, 1.82) is 0 Å². The molecule has 0 unspecified atom stereocenters. The first-order valence-corrected chi connectivity index (χ1v) is 6.64. The first-order chi connectivity index (χ1) is 7.99. The van der Waals surface area contributed by atoms with E-state index in [-0.39, 0.29) is 0 Å². The van der Waals surface area contributed by atoms with E-state index < -0.39 is 0 Å². The van der Waals surface area contributed by atoms with Crippen LogP contribution in [0.15, 0.2) is 0 Å². The lowest BCUT2D eigenvalue weighted by Gasteiger charge is -2.16. The summed E-state index contributed by atoms with van der Waals surface area (Å²) in [4.78, 5) is 0. The predicted molar refractivity (Wildman–Crippen MR) is 73.9 cm³/mol. The van der Waals surface area contributed by atoms with E-state index >= 15 is 0 Å². The Morgan fingerprint density at radius 2 is 1.94 bits per heavy atom. The van der Waals surface area contributed by atoms with Gasteiger partial charge in [-0.1, -0.05) is 20.8 Å². The largest absolute Gasteiger partial charge is 0.401 e. The average Bonchev–Trinajstić information content (AvgIpc) is 2.54. The average molecular weight is 232 g/mol. The van der Waals surface area contributed by atoms with Gasteiger partial charge in [0, 0.05) is 29.0 Å². The Hall–Kier alpha value is -1.18. The van der Waals surface area contributed by atoms with Crippen LogP contribution >= 0.6 is 0 Å². The van der Waals surface area contributed by atoms with Crippen molar-refractivity contribution in [3.63, 3.8) is 0 Å². The van der Waals surface area contributed by atoms with Crippen molar-refractivity contribution in [2.24, 2.45) is 18.7 Å². The minimum absolute atomic E-state index is 0.611. The summed E-state index contributed by atoms with van der Waals surface area (Å²) in [7, 11) is 2.17. The van der Waals surface area contributed by atoms with Gasteiger partial charge in [-0.25, -0.2) is 0 Å². The molecular weight excluding hydrogens is 208 g/mol. The second kappa shape index (κ2) is 4.25. The lowest BCUT2D eigenvalue weighted by molar-refractivity contribution is 0.754. The van der Waals surface area contributed by atoms with Crippen LogP contribution in [-0.2, 0) is 13.5 Å². The highest BCUT2D eigenvalue weighted by Gasteiger charge is 2.18. The maximum atomic E-state index is 6.26. The standard InChI is InChI=1S/C15H24N2/c1-6-11-10(4)17(5)15-12(9(2)3)7-8-13(16)14(11)15/h9H,6-8,16H2,1-5H3. The number of fused-ring (bicyclic) bond motifs is 1. The van der Waals surface area contributed by atoms with Gasteiger partial charge in [0.2, 0.25) is 0 Å². The van der Waals surface area contributed by atoms with Gasteiger partial charge < -0.3 is 10.3 Å². The molecule has 1 aliphatic carbocycles. The van der Waals surface area contributed by atoms with Crippen molar-refractivity contribution in [1.82, 2.24) is 4.57 Å². The number of aromatic nitrogens is 1. The Morgan fingerprint density at radius 1 is 1.29 bits per heavy atom. The number of nitrogens with two attached hydrogens (primary N) is 1. The van der Waals surface area contributed by atoms with Crippen molar-refractivity contribution in [2.45, 2.75) is 47.0 Å². The second-order valence-electron chi connectivity index (χ2n) is 5.41. The maximum Gasteiger partial charge on any atom is 0.0494 e. The van der Waals surface area contributed by atoms with Crippen LogP contribution in [0.1, 0.15) is 44.9 Å². The molecular formula is C15H24N2. The van der Waals surface area contributed by atoms with Crippen LogP contribution in [0.3, 0.4) is 0 Å². The topological polar surface area (TPSA) is 30.9 Å². The van der Waals surface area contributed by atoms with E-state index in [0.717, 1.165) is 25.0 Å². The minimum atomic E-state index is 0.611. The highest BCUT2D eigenvalue weighted by molar-refractivity contribution is 5.58. The van der Waals surface area contributed by atoms with Gasteiger partial charge in [0.1, 0.15) is 0 Å². The van der Waals surface area contributed by atoms with Gasteiger partial charge in [-0.2, -0.15) is 0 Å². The summed E-state index contributed by atoms with van der Waals surface area (Å²) in [6.07, 6.45) is 3.22. The van der Waals surface area contributed by atoms with Gasteiger partial charge in [0.05, 0.1) is 0 Å². The molecule has 2 nitrogen and oxygen atoms in total. The molecule has 0 saturated carbocycles. The van der Waals surface area contributed by atoms with Crippen LogP contribution in [0.2, 0.25) is 0 Å². The molecule has 94 valence electrons. The van der Waals surface area contributed by atoms with Crippen molar-refractivity contribution in [3.8, 4) is 0 Å². The zero-order valence-electron chi connectivity index (χ0n) is 11.7. The lowest BCUT2D eigenvalue weighted by Crippen LogP contribution is -2.39. The van der Waals surface area contributed by atoms with Crippen molar-refractivity contribution >= 4 is 11.3 Å². The normalized spacial score (nSPS) is 15.6. The van der Waals surface area contributed by atoms with Crippen LogP contribution in [-0.4, -0.2) is 4.57 Å². The molecule has 2 rings (SSSR count). The van der Waals surface area contributed by atoms with Crippen molar-refractivity contribution < 1.29 is 0 Å². The van der Waals surface area contributed by atoms with E-state index in [9.17, 15) is 0 Å². The van der Waals surface area contributed by atoms with Gasteiger partial charge in [-0.15, -0.1) is 0 Å². The summed E-state index contributed by atoms with van der Waals surface area (Å²) in [6, 6.07) is 0. The van der Waals surface area contributed by atoms with E-state index in [0.29, 0.717) is 5.92 Å². The number of rotatable bonds is 2. The quantitative estimate of drug-likeness (QED) is 0.824. The third-order valence-corrected chi connectivity index (χ3v) is 4.15. The molecule has 2 N–H and O–H groups in total. The summed E-state index contributed by atoms with van der Waals surface area (Å²) in [5, 5.41) is 2.75. The van der Waals surface area contributed by atoms with Crippen molar-refractivity contribution in [2.75, 3.05) is 0 Å². The zero-order valence-corrected chi connectivity index (χ0v) is 11.7. The molecule has 1 aromatic rings. The van der Waals surface area contributed by atoms with Crippen LogP contribution in [0.4, 0.5) is 0 Å². The van der Waals surface area contributed by atoms with Crippen LogP contribution in [0.25, 0.3) is 11.3 Å². The Morgan fingerprint density at radius 3 is 2.47 bits per heavy atom. The molecule has 0 radical (unpaired) electrons. The van der Waals surface area contributed by atoms with Crippen molar-refractivity contribution in [3.05, 3.63) is 21.8 Å². The van der Waals surface area contributed by atoms with Crippen LogP contribution < -0.4 is 16.3 Å². The molecule has 0 aromatic carbocycles. The first-order valence-electron chi connectivity index (χ1n) is 6.64. The van der Waals surface area contributed by atoms with Crippen LogP contribution in [0, 0.1) is 12.8 Å². The molecule has 17 heavy (non-hydrogen) atoms. The second-order valence-corrected chi connectivity index (χ2v) is 5.41. The van der Waals surface area contributed by atoms with E-state index in [1.807, 2.05) is 0 Å². The Bertz CT molecular complexity index is 559. The molecule has 0 aliphatic heterocycles.